The molecular formula is C21H20F3NO5. The maximum Gasteiger partial charge on any atom is 0.471 e. The molecule has 2 unspecified atom stereocenters. The minimum absolute atomic E-state index is 0.0639. The van der Waals surface area contributed by atoms with E-state index in [-0.39, 0.29) is 30.9 Å². The minimum Gasteiger partial charge on any atom is -0.493 e. The second-order valence-corrected chi connectivity index (χ2v) is 7.51. The van der Waals surface area contributed by atoms with E-state index in [1.807, 2.05) is 0 Å². The number of rotatable bonds is 3. The van der Waals surface area contributed by atoms with Gasteiger partial charge in [0.1, 0.15) is 0 Å². The molecule has 1 heterocycles. The molecule has 1 fully saturated rings. The molecule has 1 saturated heterocycles. The van der Waals surface area contributed by atoms with Gasteiger partial charge in [0.15, 0.2) is 17.3 Å². The molecule has 1 aromatic carbocycles. The Hall–Kier alpha value is -2.97. The van der Waals surface area contributed by atoms with Crippen LogP contribution in [-0.4, -0.2) is 56.7 Å². The van der Waals surface area contributed by atoms with Crippen LogP contribution in [0, 0.1) is 5.41 Å². The number of hydrogen-bond donors (Lipinski definition) is 0. The van der Waals surface area contributed by atoms with Gasteiger partial charge in [0.2, 0.25) is 5.78 Å². The van der Waals surface area contributed by atoms with Gasteiger partial charge in [-0.25, -0.2) is 0 Å². The average Bonchev–Trinajstić information content (AvgIpc) is 3.07. The van der Waals surface area contributed by atoms with Gasteiger partial charge in [0, 0.05) is 18.0 Å². The molecule has 0 saturated carbocycles. The lowest BCUT2D eigenvalue weighted by Gasteiger charge is -2.44. The Morgan fingerprint density at radius 3 is 2.40 bits per heavy atom. The maximum absolute atomic E-state index is 13.3. The fourth-order valence-corrected chi connectivity index (χ4v) is 4.84. The van der Waals surface area contributed by atoms with Gasteiger partial charge in [-0.1, -0.05) is 0 Å². The zero-order valence-electron chi connectivity index (χ0n) is 16.6. The molecule has 0 N–H and O–H groups in total. The van der Waals surface area contributed by atoms with Crippen molar-refractivity contribution < 1.29 is 37.0 Å². The van der Waals surface area contributed by atoms with E-state index in [9.17, 15) is 22.8 Å². The van der Waals surface area contributed by atoms with E-state index in [0.29, 0.717) is 28.2 Å². The monoisotopic (exact) mass is 423 g/mol. The number of carbonyl (C=O) groups excluding carboxylic acids is 2. The van der Waals surface area contributed by atoms with Gasteiger partial charge in [-0.05, 0) is 53.8 Å². The summed E-state index contributed by atoms with van der Waals surface area (Å²) >= 11 is 0. The van der Waals surface area contributed by atoms with Crippen LogP contribution in [0.25, 0.3) is 5.57 Å². The third-order valence-corrected chi connectivity index (χ3v) is 6.18. The second kappa shape index (κ2) is 6.78. The van der Waals surface area contributed by atoms with Crippen LogP contribution in [0.4, 0.5) is 13.2 Å². The summed E-state index contributed by atoms with van der Waals surface area (Å²) in [5.74, 6) is -1.32. The molecule has 2 atom stereocenters. The van der Waals surface area contributed by atoms with E-state index in [1.54, 1.807) is 18.2 Å². The van der Waals surface area contributed by atoms with Crippen molar-refractivity contribution in [3.63, 3.8) is 0 Å². The Morgan fingerprint density at radius 2 is 1.80 bits per heavy atom. The number of fused-ring (bicyclic) bond motifs is 2. The maximum atomic E-state index is 13.3. The summed E-state index contributed by atoms with van der Waals surface area (Å²) < 4.78 is 55.7. The number of methoxy groups -OCH3 is 3. The average molecular weight is 423 g/mol. The van der Waals surface area contributed by atoms with Crippen molar-refractivity contribution in [3.8, 4) is 11.5 Å². The van der Waals surface area contributed by atoms with Crippen molar-refractivity contribution in [1.29, 1.82) is 0 Å². The van der Waals surface area contributed by atoms with Crippen LogP contribution in [0.15, 0.2) is 30.0 Å². The van der Waals surface area contributed by atoms with Crippen LogP contribution in [0.3, 0.4) is 0 Å². The molecule has 30 heavy (non-hydrogen) atoms. The SMILES string of the molecule is COC1=CC23CCN(C(=O)C(F)(F)F)C2Cc2cc(OC)c(OC)cc2C3=CC1=O. The lowest BCUT2D eigenvalue weighted by Crippen LogP contribution is -2.51. The van der Waals surface area contributed by atoms with Gasteiger partial charge >= 0.3 is 12.1 Å². The number of alkyl halides is 3. The van der Waals surface area contributed by atoms with E-state index in [4.69, 9.17) is 14.2 Å². The summed E-state index contributed by atoms with van der Waals surface area (Å²) in [7, 11) is 4.28. The van der Waals surface area contributed by atoms with Crippen LogP contribution in [0.5, 0.6) is 11.5 Å². The van der Waals surface area contributed by atoms with E-state index < -0.39 is 23.5 Å². The number of hydrogen-bond acceptors (Lipinski definition) is 5. The van der Waals surface area contributed by atoms with E-state index in [1.165, 1.54) is 27.4 Å². The standard InChI is InChI=1S/C21H20F3NO5/c1-28-15-6-11-7-18-20(4-5-25(18)19(27)21(22,23)24)10-17(30-3)14(26)9-13(20)12(11)8-16(15)29-2/h6,8-10,18H,4-5,7H2,1-3H3. The predicted molar refractivity (Wildman–Crippen MR) is 99.9 cm³/mol. The van der Waals surface area contributed by atoms with Crippen LogP contribution >= 0.6 is 0 Å². The predicted octanol–water partition coefficient (Wildman–Crippen LogP) is 2.91. The third kappa shape index (κ3) is 2.79. The zero-order chi connectivity index (χ0) is 21.8. The fraction of sp³-hybridized carbons (Fsp3) is 0.429. The van der Waals surface area contributed by atoms with Gasteiger partial charge in [-0.3, -0.25) is 9.59 Å². The molecule has 0 aromatic heterocycles. The van der Waals surface area contributed by atoms with Gasteiger partial charge in [0.25, 0.3) is 0 Å². The third-order valence-electron chi connectivity index (χ3n) is 6.18. The number of carbonyl (C=O) groups is 2. The number of allylic oxidation sites excluding steroid dienone is 1. The van der Waals surface area contributed by atoms with Crippen molar-refractivity contribution in [2.45, 2.75) is 25.1 Å². The van der Waals surface area contributed by atoms with Crippen molar-refractivity contribution in [1.82, 2.24) is 4.90 Å². The highest BCUT2D eigenvalue weighted by Crippen LogP contribution is 2.57. The van der Waals surface area contributed by atoms with Crippen LogP contribution in [0.1, 0.15) is 17.5 Å². The Labute approximate surface area is 170 Å². The smallest absolute Gasteiger partial charge is 0.471 e. The van der Waals surface area contributed by atoms with Crippen LogP contribution < -0.4 is 9.47 Å². The number of nitrogens with zero attached hydrogens (tertiary/aromatic N) is 1. The number of likely N-dealkylation sites (tertiary alicyclic amines) is 1. The molecule has 1 spiro atoms. The van der Waals surface area contributed by atoms with Gasteiger partial charge in [0.05, 0.1) is 21.3 Å². The number of amides is 1. The molecule has 1 aromatic rings. The molecule has 4 rings (SSSR count). The first-order valence-electron chi connectivity index (χ1n) is 9.32. The molecule has 1 aliphatic heterocycles. The Morgan fingerprint density at radius 1 is 1.13 bits per heavy atom. The lowest BCUT2D eigenvalue weighted by molar-refractivity contribution is -0.186. The topological polar surface area (TPSA) is 65.1 Å². The molecule has 9 heteroatoms. The first kappa shape index (κ1) is 20.3. The highest BCUT2D eigenvalue weighted by Gasteiger charge is 2.58. The summed E-state index contributed by atoms with van der Waals surface area (Å²) in [4.78, 5) is 25.6. The molecule has 6 nitrogen and oxygen atoms in total. The van der Waals surface area contributed by atoms with Crippen molar-refractivity contribution in [2.75, 3.05) is 27.9 Å². The Bertz CT molecular complexity index is 997. The molecule has 0 radical (unpaired) electrons. The quantitative estimate of drug-likeness (QED) is 0.748. The summed E-state index contributed by atoms with van der Waals surface area (Å²) in [6.45, 7) is -0.0791. The van der Waals surface area contributed by atoms with Gasteiger partial charge in [-0.15, -0.1) is 0 Å². The second-order valence-electron chi connectivity index (χ2n) is 7.51. The summed E-state index contributed by atoms with van der Waals surface area (Å²) in [5, 5.41) is 0. The van der Waals surface area contributed by atoms with Crippen LogP contribution in [-0.2, 0) is 20.7 Å². The lowest BCUT2D eigenvalue weighted by atomic mass is 9.62. The first-order valence-corrected chi connectivity index (χ1v) is 9.32. The van der Waals surface area contributed by atoms with E-state index >= 15 is 0 Å². The summed E-state index contributed by atoms with van der Waals surface area (Å²) in [6, 6.07) is 2.61. The zero-order valence-corrected chi connectivity index (χ0v) is 16.6. The molecule has 160 valence electrons. The number of ketones is 1. The molecular weight excluding hydrogens is 403 g/mol. The van der Waals surface area contributed by atoms with E-state index in [0.717, 1.165) is 4.90 Å². The molecule has 2 aliphatic carbocycles. The highest BCUT2D eigenvalue weighted by molar-refractivity contribution is 6.10. The molecule has 1 amide bonds. The number of halogens is 3. The molecule has 3 aliphatic rings. The minimum atomic E-state index is -4.98. The summed E-state index contributed by atoms with van der Waals surface area (Å²) in [6.07, 6.45) is -1.57. The van der Waals surface area contributed by atoms with Gasteiger partial charge < -0.3 is 19.1 Å². The number of ether oxygens (including phenoxy) is 3. The molecule has 0 bridgehead atoms. The fourth-order valence-electron chi connectivity index (χ4n) is 4.84. The largest absolute Gasteiger partial charge is 0.493 e. The first-order chi connectivity index (χ1) is 14.2. The highest BCUT2D eigenvalue weighted by atomic mass is 19.4. The van der Waals surface area contributed by atoms with Gasteiger partial charge in [-0.2, -0.15) is 13.2 Å². The summed E-state index contributed by atoms with van der Waals surface area (Å²) in [5.41, 5.74) is 0.999. The van der Waals surface area contributed by atoms with Crippen LogP contribution in [0.2, 0.25) is 0 Å². The normalized spacial score (nSPS) is 24.9. The van der Waals surface area contributed by atoms with E-state index in [2.05, 4.69) is 0 Å². The van der Waals surface area contributed by atoms with Crippen molar-refractivity contribution in [3.05, 3.63) is 41.2 Å². The van der Waals surface area contributed by atoms with Crippen molar-refractivity contribution in [2.24, 2.45) is 5.41 Å². The number of benzene rings is 1. The Balaban J connectivity index is 1.92. The van der Waals surface area contributed by atoms with Crippen molar-refractivity contribution >= 4 is 17.3 Å². The Kier molecular flexibility index (Phi) is 4.59.